The Morgan fingerprint density at radius 2 is 1.47 bits per heavy atom. The Morgan fingerprint density at radius 1 is 0.900 bits per heavy atom. The molecule has 2 aromatic carbocycles. The summed E-state index contributed by atoms with van der Waals surface area (Å²) in [6, 6.07) is 21.3. The van der Waals surface area contributed by atoms with Gasteiger partial charge in [-0.1, -0.05) is 42.5 Å². The van der Waals surface area contributed by atoms with Gasteiger partial charge in [-0.05, 0) is 34.9 Å². The molecule has 0 saturated carbocycles. The van der Waals surface area contributed by atoms with E-state index in [4.69, 9.17) is 4.74 Å². The molecule has 158 valence electrons. The van der Waals surface area contributed by atoms with E-state index in [1.54, 1.807) is 37.1 Å². The maximum Gasteiger partial charge on any atom is 0.250 e. The van der Waals surface area contributed by atoms with Gasteiger partial charge < -0.3 is 19.9 Å². The molecule has 2 N–H and O–H groups in total. The first-order chi connectivity index (χ1) is 14.2. The average molecular weight is 518 g/mol. The van der Waals surface area contributed by atoms with E-state index >= 15 is 0 Å². The molecule has 0 aliphatic carbocycles. The first-order valence-corrected chi connectivity index (χ1v) is 9.48. The number of nitrogens with zero attached hydrogens (tertiary/aromatic N) is 2. The summed E-state index contributed by atoms with van der Waals surface area (Å²) in [7, 11) is 3.41. The third kappa shape index (κ3) is 6.91. The second kappa shape index (κ2) is 12.0. The first-order valence-electron chi connectivity index (χ1n) is 9.48. The van der Waals surface area contributed by atoms with Gasteiger partial charge in [0.2, 0.25) is 0 Å². The number of ether oxygens (including phenoxy) is 1. The fourth-order valence-corrected chi connectivity index (χ4v) is 2.89. The lowest BCUT2D eigenvalue weighted by Crippen LogP contribution is -2.36. The molecule has 30 heavy (non-hydrogen) atoms. The van der Waals surface area contributed by atoms with Crippen molar-refractivity contribution in [3.05, 3.63) is 100.0 Å². The molecular weight excluding hydrogens is 491 g/mol. The van der Waals surface area contributed by atoms with Gasteiger partial charge in [0.05, 0.1) is 13.7 Å². The van der Waals surface area contributed by atoms with Crippen molar-refractivity contribution < 1.29 is 4.74 Å². The van der Waals surface area contributed by atoms with Crippen LogP contribution in [-0.4, -0.2) is 24.7 Å². The van der Waals surface area contributed by atoms with Crippen molar-refractivity contribution in [2.75, 3.05) is 14.2 Å². The predicted octanol–water partition coefficient (Wildman–Crippen LogP) is 3.39. The summed E-state index contributed by atoms with van der Waals surface area (Å²) in [6.45, 7) is 1.90. The average Bonchev–Trinajstić information content (AvgIpc) is 2.77. The van der Waals surface area contributed by atoms with E-state index in [0.29, 0.717) is 19.6 Å². The number of methoxy groups -OCH3 is 1. The molecule has 0 saturated heterocycles. The van der Waals surface area contributed by atoms with E-state index < -0.39 is 0 Å². The van der Waals surface area contributed by atoms with E-state index in [9.17, 15) is 4.79 Å². The maximum absolute atomic E-state index is 11.8. The number of aliphatic imine (C=N–C) groups is 1. The van der Waals surface area contributed by atoms with Crippen LogP contribution in [0.25, 0.3) is 0 Å². The van der Waals surface area contributed by atoms with Crippen LogP contribution in [0.4, 0.5) is 0 Å². The van der Waals surface area contributed by atoms with Gasteiger partial charge in [0.25, 0.3) is 5.56 Å². The number of guanidine groups is 1. The van der Waals surface area contributed by atoms with Crippen LogP contribution in [-0.2, 0) is 19.6 Å². The second-order valence-electron chi connectivity index (χ2n) is 6.61. The second-order valence-corrected chi connectivity index (χ2v) is 6.61. The Morgan fingerprint density at radius 3 is 2.00 bits per heavy atom. The van der Waals surface area contributed by atoms with Crippen molar-refractivity contribution in [2.45, 2.75) is 19.6 Å². The number of rotatable bonds is 7. The zero-order chi connectivity index (χ0) is 20.5. The van der Waals surface area contributed by atoms with Crippen molar-refractivity contribution in [3.63, 3.8) is 0 Å². The SMILES string of the molecule is CN=C(NCc1ccc(Cn2ccccc2=O)cc1)NCc1ccc(OC)cc1.I. The molecule has 0 spiro atoms. The summed E-state index contributed by atoms with van der Waals surface area (Å²) in [5.41, 5.74) is 3.38. The monoisotopic (exact) mass is 518 g/mol. The van der Waals surface area contributed by atoms with Crippen LogP contribution in [0.15, 0.2) is 82.7 Å². The number of benzene rings is 2. The Hall–Kier alpha value is -2.81. The molecular formula is C23H27IN4O2. The summed E-state index contributed by atoms with van der Waals surface area (Å²) in [4.78, 5) is 16.1. The lowest BCUT2D eigenvalue weighted by atomic mass is 10.1. The van der Waals surface area contributed by atoms with Gasteiger partial charge in [-0.15, -0.1) is 24.0 Å². The largest absolute Gasteiger partial charge is 0.497 e. The molecule has 0 atom stereocenters. The Labute approximate surface area is 194 Å². The number of nitrogens with one attached hydrogen (secondary N) is 2. The first kappa shape index (κ1) is 23.5. The van der Waals surface area contributed by atoms with Crippen LogP contribution < -0.4 is 20.9 Å². The van der Waals surface area contributed by atoms with Gasteiger partial charge >= 0.3 is 0 Å². The third-order valence-electron chi connectivity index (χ3n) is 4.58. The predicted molar refractivity (Wildman–Crippen MR) is 132 cm³/mol. The fraction of sp³-hybridized carbons (Fsp3) is 0.217. The minimum Gasteiger partial charge on any atom is -0.497 e. The zero-order valence-corrected chi connectivity index (χ0v) is 19.5. The van der Waals surface area contributed by atoms with Crippen molar-refractivity contribution in [3.8, 4) is 5.75 Å². The van der Waals surface area contributed by atoms with Crippen LogP contribution in [0.1, 0.15) is 16.7 Å². The number of hydrogen-bond acceptors (Lipinski definition) is 3. The highest BCUT2D eigenvalue weighted by atomic mass is 127. The van der Waals surface area contributed by atoms with E-state index in [-0.39, 0.29) is 29.5 Å². The van der Waals surface area contributed by atoms with Gasteiger partial charge in [0.15, 0.2) is 5.96 Å². The van der Waals surface area contributed by atoms with Crippen LogP contribution in [0.5, 0.6) is 5.75 Å². The number of aromatic nitrogens is 1. The van der Waals surface area contributed by atoms with Crippen molar-refractivity contribution in [1.29, 1.82) is 0 Å². The van der Waals surface area contributed by atoms with Crippen molar-refractivity contribution >= 4 is 29.9 Å². The Balaban J connectivity index is 0.00000320. The highest BCUT2D eigenvalue weighted by molar-refractivity contribution is 14.0. The molecule has 0 amide bonds. The minimum atomic E-state index is 0. The summed E-state index contributed by atoms with van der Waals surface area (Å²) >= 11 is 0. The smallest absolute Gasteiger partial charge is 0.250 e. The van der Waals surface area contributed by atoms with Gasteiger partial charge in [-0.25, -0.2) is 0 Å². The highest BCUT2D eigenvalue weighted by Gasteiger charge is 2.01. The van der Waals surface area contributed by atoms with Crippen LogP contribution in [0.3, 0.4) is 0 Å². The summed E-state index contributed by atoms with van der Waals surface area (Å²) < 4.78 is 6.87. The molecule has 3 aromatic rings. The van der Waals surface area contributed by atoms with Gasteiger partial charge in [-0.3, -0.25) is 9.79 Å². The third-order valence-corrected chi connectivity index (χ3v) is 4.58. The lowest BCUT2D eigenvalue weighted by Gasteiger charge is -2.13. The molecule has 0 fully saturated rings. The molecule has 3 rings (SSSR count). The molecule has 0 radical (unpaired) electrons. The molecule has 6 nitrogen and oxygen atoms in total. The molecule has 0 aliphatic heterocycles. The van der Waals surface area contributed by atoms with E-state index in [1.165, 1.54) is 0 Å². The molecule has 1 heterocycles. The minimum absolute atomic E-state index is 0. The van der Waals surface area contributed by atoms with Gasteiger partial charge in [0.1, 0.15) is 5.75 Å². The normalized spacial score (nSPS) is 10.8. The summed E-state index contributed by atoms with van der Waals surface area (Å²) in [5, 5.41) is 6.62. The Kier molecular flexibility index (Phi) is 9.40. The number of pyridine rings is 1. The van der Waals surface area contributed by atoms with Crippen LogP contribution >= 0.6 is 24.0 Å². The Bertz CT molecular complexity index is 999. The number of halogens is 1. The molecule has 1 aromatic heterocycles. The number of hydrogen-bond donors (Lipinski definition) is 2. The lowest BCUT2D eigenvalue weighted by molar-refractivity contribution is 0.414. The summed E-state index contributed by atoms with van der Waals surface area (Å²) in [5.74, 6) is 1.58. The fourth-order valence-electron chi connectivity index (χ4n) is 2.89. The maximum atomic E-state index is 11.8. The van der Waals surface area contributed by atoms with E-state index in [0.717, 1.165) is 28.4 Å². The molecule has 7 heteroatoms. The zero-order valence-electron chi connectivity index (χ0n) is 17.2. The standard InChI is InChI=1S/C23H26N4O2.HI/c1-24-23(26-16-19-10-12-21(29-2)13-11-19)25-15-18-6-8-20(9-7-18)17-27-14-4-3-5-22(27)28;/h3-14H,15-17H2,1-2H3,(H2,24,25,26);1H. The highest BCUT2D eigenvalue weighted by Crippen LogP contribution is 2.11. The molecule has 0 unspecified atom stereocenters. The van der Waals surface area contributed by atoms with Crippen molar-refractivity contribution in [2.24, 2.45) is 4.99 Å². The van der Waals surface area contributed by atoms with Gasteiger partial charge in [-0.2, -0.15) is 0 Å². The quantitative estimate of drug-likeness (QED) is 0.286. The molecule has 0 bridgehead atoms. The summed E-state index contributed by atoms with van der Waals surface area (Å²) in [6.07, 6.45) is 1.80. The molecule has 0 aliphatic rings. The van der Waals surface area contributed by atoms with E-state index in [1.807, 2.05) is 42.5 Å². The topological polar surface area (TPSA) is 67.7 Å². The van der Waals surface area contributed by atoms with Crippen LogP contribution in [0, 0.1) is 0 Å². The van der Waals surface area contributed by atoms with Gasteiger partial charge in [0, 0.05) is 32.4 Å². The van der Waals surface area contributed by atoms with E-state index in [2.05, 4.69) is 27.8 Å². The van der Waals surface area contributed by atoms with Crippen molar-refractivity contribution in [1.82, 2.24) is 15.2 Å². The van der Waals surface area contributed by atoms with Crippen LogP contribution in [0.2, 0.25) is 0 Å².